The SMILES string of the molecule is CCCNC1CCCCCC1CN1CCSC(C)(C)C1. The van der Waals surface area contributed by atoms with Gasteiger partial charge in [-0.2, -0.15) is 11.8 Å². The lowest BCUT2D eigenvalue weighted by atomic mass is 9.93. The maximum absolute atomic E-state index is 3.84. The number of nitrogens with one attached hydrogen (secondary N) is 1. The Balaban J connectivity index is 1.89. The average Bonchev–Trinajstić information content (AvgIpc) is 2.61. The Morgan fingerprint density at radius 3 is 2.75 bits per heavy atom. The lowest BCUT2D eigenvalue weighted by molar-refractivity contribution is 0.187. The fourth-order valence-electron chi connectivity index (χ4n) is 3.80. The Bertz CT molecular complexity index is 280. The largest absolute Gasteiger partial charge is 0.314 e. The molecule has 0 bridgehead atoms. The molecule has 3 heteroatoms. The van der Waals surface area contributed by atoms with Crippen LogP contribution in [0.1, 0.15) is 59.3 Å². The molecular weight excluding hydrogens is 264 g/mol. The van der Waals surface area contributed by atoms with Crippen LogP contribution in [0.25, 0.3) is 0 Å². The minimum absolute atomic E-state index is 0.454. The highest BCUT2D eigenvalue weighted by Gasteiger charge is 2.30. The van der Waals surface area contributed by atoms with Crippen molar-refractivity contribution in [2.45, 2.75) is 70.1 Å². The molecule has 1 saturated heterocycles. The minimum atomic E-state index is 0.454. The number of thioether (sulfide) groups is 1. The Hall–Kier alpha value is 0.270. The molecule has 1 saturated carbocycles. The molecule has 0 amide bonds. The molecule has 1 aliphatic carbocycles. The summed E-state index contributed by atoms with van der Waals surface area (Å²) in [5.41, 5.74) is 0. The summed E-state index contributed by atoms with van der Waals surface area (Å²) in [6.45, 7) is 12.2. The lowest BCUT2D eigenvalue weighted by Crippen LogP contribution is -2.48. The first-order valence-electron chi connectivity index (χ1n) is 8.70. The molecule has 118 valence electrons. The molecule has 1 N–H and O–H groups in total. The Morgan fingerprint density at radius 2 is 2.00 bits per heavy atom. The van der Waals surface area contributed by atoms with Crippen LogP contribution in [0.15, 0.2) is 0 Å². The lowest BCUT2D eigenvalue weighted by Gasteiger charge is -2.40. The van der Waals surface area contributed by atoms with Gasteiger partial charge in [-0.05, 0) is 45.6 Å². The van der Waals surface area contributed by atoms with Gasteiger partial charge in [0, 0.05) is 36.2 Å². The summed E-state index contributed by atoms with van der Waals surface area (Å²) in [5, 5.41) is 3.84. The standard InChI is InChI=1S/C17H34N2S/c1-4-10-18-16-9-7-5-6-8-15(16)13-19-11-12-20-17(2,3)14-19/h15-16,18H,4-14H2,1-3H3. The predicted molar refractivity (Wildman–Crippen MR) is 91.6 cm³/mol. The Kier molecular flexibility index (Phi) is 6.70. The topological polar surface area (TPSA) is 15.3 Å². The minimum Gasteiger partial charge on any atom is -0.314 e. The number of hydrogen-bond acceptors (Lipinski definition) is 3. The van der Waals surface area contributed by atoms with E-state index in [2.05, 4.69) is 42.7 Å². The summed E-state index contributed by atoms with van der Waals surface area (Å²) in [4.78, 5) is 2.74. The maximum Gasteiger partial charge on any atom is 0.0231 e. The van der Waals surface area contributed by atoms with Gasteiger partial charge in [-0.15, -0.1) is 0 Å². The molecular formula is C17H34N2S. The van der Waals surface area contributed by atoms with E-state index in [0.717, 1.165) is 12.0 Å². The van der Waals surface area contributed by atoms with E-state index in [1.165, 1.54) is 70.5 Å². The van der Waals surface area contributed by atoms with Crippen molar-refractivity contribution in [3.8, 4) is 0 Å². The summed E-state index contributed by atoms with van der Waals surface area (Å²) in [6, 6.07) is 0.773. The first kappa shape index (κ1) is 16.6. The summed E-state index contributed by atoms with van der Waals surface area (Å²) in [7, 11) is 0. The highest BCUT2D eigenvalue weighted by molar-refractivity contribution is 8.00. The van der Waals surface area contributed by atoms with Crippen molar-refractivity contribution >= 4 is 11.8 Å². The quantitative estimate of drug-likeness (QED) is 0.778. The molecule has 0 aromatic carbocycles. The molecule has 2 nitrogen and oxygen atoms in total. The van der Waals surface area contributed by atoms with Gasteiger partial charge in [-0.3, -0.25) is 0 Å². The zero-order chi connectivity index (χ0) is 14.4. The molecule has 1 heterocycles. The van der Waals surface area contributed by atoms with Gasteiger partial charge in [0.15, 0.2) is 0 Å². The summed E-state index contributed by atoms with van der Waals surface area (Å²) >= 11 is 2.15. The maximum atomic E-state index is 3.84. The molecule has 2 rings (SSSR count). The summed E-state index contributed by atoms with van der Waals surface area (Å²) in [6.07, 6.45) is 8.42. The van der Waals surface area contributed by atoms with E-state index < -0.39 is 0 Å². The van der Waals surface area contributed by atoms with E-state index in [1.54, 1.807) is 0 Å². The van der Waals surface area contributed by atoms with Crippen LogP contribution in [-0.2, 0) is 0 Å². The van der Waals surface area contributed by atoms with E-state index in [4.69, 9.17) is 0 Å². The molecule has 0 radical (unpaired) electrons. The summed E-state index contributed by atoms with van der Waals surface area (Å²) < 4.78 is 0.454. The molecule has 0 aromatic heterocycles. The summed E-state index contributed by atoms with van der Waals surface area (Å²) in [5.74, 6) is 2.19. The molecule has 20 heavy (non-hydrogen) atoms. The van der Waals surface area contributed by atoms with Crippen molar-refractivity contribution in [2.24, 2.45) is 5.92 Å². The molecule has 2 fully saturated rings. The fraction of sp³-hybridized carbons (Fsp3) is 1.00. The molecule has 2 atom stereocenters. The normalized spacial score (nSPS) is 31.9. The monoisotopic (exact) mass is 298 g/mol. The van der Waals surface area contributed by atoms with Gasteiger partial charge < -0.3 is 10.2 Å². The van der Waals surface area contributed by atoms with E-state index in [1.807, 2.05) is 0 Å². The second-order valence-electron chi connectivity index (χ2n) is 7.30. The number of rotatable bonds is 5. The van der Waals surface area contributed by atoms with Crippen molar-refractivity contribution in [1.82, 2.24) is 10.2 Å². The van der Waals surface area contributed by atoms with E-state index >= 15 is 0 Å². The van der Waals surface area contributed by atoms with Crippen molar-refractivity contribution in [2.75, 3.05) is 31.9 Å². The average molecular weight is 299 g/mol. The van der Waals surface area contributed by atoms with Crippen LogP contribution in [0.2, 0.25) is 0 Å². The van der Waals surface area contributed by atoms with Crippen molar-refractivity contribution in [3.63, 3.8) is 0 Å². The molecule has 2 unspecified atom stereocenters. The second kappa shape index (κ2) is 8.05. The van der Waals surface area contributed by atoms with Crippen LogP contribution in [0.5, 0.6) is 0 Å². The molecule has 0 aromatic rings. The van der Waals surface area contributed by atoms with E-state index in [9.17, 15) is 0 Å². The smallest absolute Gasteiger partial charge is 0.0231 e. The van der Waals surface area contributed by atoms with Crippen LogP contribution < -0.4 is 5.32 Å². The zero-order valence-corrected chi connectivity index (χ0v) is 14.6. The predicted octanol–water partition coefficient (Wildman–Crippen LogP) is 3.76. The zero-order valence-electron chi connectivity index (χ0n) is 13.8. The Labute approximate surface area is 130 Å². The van der Waals surface area contributed by atoms with Gasteiger partial charge in [-0.1, -0.05) is 26.2 Å². The molecule has 0 spiro atoms. The highest BCUT2D eigenvalue weighted by atomic mass is 32.2. The third-order valence-corrected chi connectivity index (χ3v) is 6.11. The van der Waals surface area contributed by atoms with Crippen molar-refractivity contribution in [3.05, 3.63) is 0 Å². The van der Waals surface area contributed by atoms with E-state index in [-0.39, 0.29) is 0 Å². The Morgan fingerprint density at radius 1 is 1.20 bits per heavy atom. The second-order valence-corrected chi connectivity index (χ2v) is 9.10. The van der Waals surface area contributed by atoms with Crippen molar-refractivity contribution < 1.29 is 0 Å². The van der Waals surface area contributed by atoms with Gasteiger partial charge in [0.05, 0.1) is 0 Å². The van der Waals surface area contributed by atoms with Gasteiger partial charge in [0.25, 0.3) is 0 Å². The van der Waals surface area contributed by atoms with Gasteiger partial charge in [-0.25, -0.2) is 0 Å². The molecule has 2 aliphatic rings. The van der Waals surface area contributed by atoms with Gasteiger partial charge in [0.2, 0.25) is 0 Å². The molecule has 1 aliphatic heterocycles. The van der Waals surface area contributed by atoms with Gasteiger partial charge in [0.1, 0.15) is 0 Å². The van der Waals surface area contributed by atoms with Gasteiger partial charge >= 0.3 is 0 Å². The van der Waals surface area contributed by atoms with Crippen LogP contribution in [-0.4, -0.2) is 47.6 Å². The highest BCUT2D eigenvalue weighted by Crippen LogP contribution is 2.31. The third kappa shape index (κ3) is 5.23. The third-order valence-electron chi connectivity index (χ3n) is 4.81. The van der Waals surface area contributed by atoms with Crippen LogP contribution >= 0.6 is 11.8 Å². The fourth-order valence-corrected chi connectivity index (χ4v) is 4.98. The van der Waals surface area contributed by atoms with Crippen molar-refractivity contribution in [1.29, 1.82) is 0 Å². The van der Waals surface area contributed by atoms with E-state index in [0.29, 0.717) is 4.75 Å². The first-order valence-corrected chi connectivity index (χ1v) is 9.69. The number of nitrogens with zero attached hydrogens (tertiary/aromatic N) is 1. The first-order chi connectivity index (χ1) is 9.61. The van der Waals surface area contributed by atoms with Crippen LogP contribution in [0.4, 0.5) is 0 Å². The van der Waals surface area contributed by atoms with Crippen LogP contribution in [0.3, 0.4) is 0 Å². The number of hydrogen-bond donors (Lipinski definition) is 1. The van der Waals surface area contributed by atoms with Crippen LogP contribution in [0, 0.1) is 5.92 Å².